The molecular weight excluding hydrogens is 359 g/mol. The molecule has 0 saturated carbocycles. The Hall–Kier alpha value is -2.63. The van der Waals surface area contributed by atoms with Crippen molar-refractivity contribution in [3.05, 3.63) is 76.5 Å². The third-order valence-electron chi connectivity index (χ3n) is 3.44. The molecule has 5 nitrogen and oxygen atoms in total. The van der Waals surface area contributed by atoms with Gasteiger partial charge in [-0.15, -0.1) is 0 Å². The molecule has 1 aromatic heterocycles. The molecule has 0 aliphatic heterocycles. The molecule has 7 heteroatoms. The molecule has 25 heavy (non-hydrogen) atoms. The number of nitrogens with zero attached hydrogens (tertiary/aromatic N) is 3. The highest BCUT2D eigenvalue weighted by Crippen LogP contribution is 2.23. The summed E-state index contributed by atoms with van der Waals surface area (Å²) in [5.41, 5.74) is 1.66. The van der Waals surface area contributed by atoms with Gasteiger partial charge in [-0.1, -0.05) is 41.4 Å². The highest BCUT2D eigenvalue weighted by molar-refractivity contribution is 6.35. The first-order valence-electron chi connectivity index (χ1n) is 7.42. The van der Waals surface area contributed by atoms with E-state index in [9.17, 15) is 4.79 Å². The topological polar surface area (TPSA) is 58.1 Å². The van der Waals surface area contributed by atoms with Crippen molar-refractivity contribution in [2.24, 2.45) is 0 Å². The van der Waals surface area contributed by atoms with Gasteiger partial charge in [0.2, 0.25) is 5.95 Å². The first-order valence-corrected chi connectivity index (χ1v) is 8.18. The lowest BCUT2D eigenvalue weighted by molar-refractivity contribution is 0.102. The standard InChI is InChI=1S/C18H14Cl2N4O/c1-24(15-5-3-2-4-6-15)18-21-8-7-16(23-18)17(25)22-14-10-12(19)9-13(20)11-14/h2-11H,1H3,(H,22,25). The van der Waals surface area contributed by atoms with Gasteiger partial charge in [0, 0.05) is 34.7 Å². The highest BCUT2D eigenvalue weighted by Gasteiger charge is 2.13. The Morgan fingerprint density at radius 2 is 1.72 bits per heavy atom. The molecule has 0 radical (unpaired) electrons. The molecule has 1 heterocycles. The first kappa shape index (κ1) is 17.2. The van der Waals surface area contributed by atoms with Crippen LogP contribution in [0.2, 0.25) is 10.0 Å². The molecule has 0 fully saturated rings. The van der Waals surface area contributed by atoms with Gasteiger partial charge in [0.25, 0.3) is 5.91 Å². The molecule has 0 spiro atoms. The number of anilines is 3. The number of rotatable bonds is 4. The number of halogens is 2. The Morgan fingerprint density at radius 1 is 1.04 bits per heavy atom. The number of para-hydroxylation sites is 1. The van der Waals surface area contributed by atoms with Gasteiger partial charge >= 0.3 is 0 Å². The zero-order valence-corrected chi connectivity index (χ0v) is 14.8. The third-order valence-corrected chi connectivity index (χ3v) is 3.88. The minimum absolute atomic E-state index is 0.240. The van der Waals surface area contributed by atoms with Crippen LogP contribution in [0.15, 0.2) is 60.8 Å². The van der Waals surface area contributed by atoms with Gasteiger partial charge in [0.1, 0.15) is 5.69 Å². The van der Waals surface area contributed by atoms with Gasteiger partial charge in [-0.2, -0.15) is 0 Å². The molecule has 0 saturated heterocycles. The molecule has 126 valence electrons. The van der Waals surface area contributed by atoms with Crippen molar-refractivity contribution >= 4 is 46.4 Å². The summed E-state index contributed by atoms with van der Waals surface area (Å²) >= 11 is 11.9. The van der Waals surface area contributed by atoms with Crippen LogP contribution in [-0.4, -0.2) is 22.9 Å². The molecule has 0 aliphatic carbocycles. The van der Waals surface area contributed by atoms with Crippen LogP contribution < -0.4 is 10.2 Å². The Bertz CT molecular complexity index is 882. The Labute approximate surface area is 155 Å². The van der Waals surface area contributed by atoms with Crippen LogP contribution in [0.4, 0.5) is 17.3 Å². The smallest absolute Gasteiger partial charge is 0.274 e. The van der Waals surface area contributed by atoms with Gasteiger partial charge in [0.05, 0.1) is 0 Å². The van der Waals surface area contributed by atoms with Crippen molar-refractivity contribution in [3.8, 4) is 0 Å². The monoisotopic (exact) mass is 372 g/mol. The summed E-state index contributed by atoms with van der Waals surface area (Å²) in [5, 5.41) is 3.61. The van der Waals surface area contributed by atoms with Crippen LogP contribution in [0.1, 0.15) is 10.5 Å². The summed E-state index contributed by atoms with van der Waals surface area (Å²) in [6.07, 6.45) is 1.54. The van der Waals surface area contributed by atoms with Gasteiger partial charge in [0.15, 0.2) is 0 Å². The molecule has 0 unspecified atom stereocenters. The number of carbonyl (C=O) groups is 1. The highest BCUT2D eigenvalue weighted by atomic mass is 35.5. The van der Waals surface area contributed by atoms with Crippen LogP contribution in [0.5, 0.6) is 0 Å². The number of benzene rings is 2. The molecule has 1 amide bonds. The van der Waals surface area contributed by atoms with Gasteiger partial charge in [-0.05, 0) is 36.4 Å². The molecule has 0 atom stereocenters. The van der Waals surface area contributed by atoms with E-state index in [1.807, 2.05) is 37.4 Å². The summed E-state index contributed by atoms with van der Waals surface area (Å²) in [6, 6.07) is 16.0. The van der Waals surface area contributed by atoms with Crippen LogP contribution >= 0.6 is 23.2 Å². The average molecular weight is 373 g/mol. The van der Waals surface area contributed by atoms with E-state index in [4.69, 9.17) is 23.2 Å². The van der Waals surface area contributed by atoms with Gasteiger partial charge < -0.3 is 10.2 Å². The Balaban J connectivity index is 1.82. The fourth-order valence-electron chi connectivity index (χ4n) is 2.22. The second-order valence-corrected chi connectivity index (χ2v) is 6.12. The number of aromatic nitrogens is 2. The maximum absolute atomic E-state index is 12.4. The lowest BCUT2D eigenvalue weighted by atomic mass is 10.3. The largest absolute Gasteiger partial charge is 0.321 e. The summed E-state index contributed by atoms with van der Waals surface area (Å²) in [6.45, 7) is 0. The Kier molecular flexibility index (Phi) is 5.16. The summed E-state index contributed by atoms with van der Waals surface area (Å²) in [7, 11) is 1.84. The average Bonchev–Trinajstić information content (AvgIpc) is 2.61. The van der Waals surface area contributed by atoms with E-state index < -0.39 is 0 Å². The molecule has 0 aliphatic rings. The zero-order valence-electron chi connectivity index (χ0n) is 13.3. The lowest BCUT2D eigenvalue weighted by Crippen LogP contribution is -2.18. The maximum Gasteiger partial charge on any atom is 0.274 e. The summed E-state index contributed by atoms with van der Waals surface area (Å²) < 4.78 is 0. The van der Waals surface area contributed by atoms with Crippen LogP contribution in [0, 0.1) is 0 Å². The van der Waals surface area contributed by atoms with Crippen molar-refractivity contribution in [2.75, 3.05) is 17.3 Å². The number of nitrogens with one attached hydrogen (secondary N) is 1. The van der Waals surface area contributed by atoms with E-state index in [1.54, 1.807) is 35.4 Å². The number of amides is 1. The molecule has 1 N–H and O–H groups in total. The molecule has 3 aromatic rings. The minimum atomic E-state index is -0.372. The van der Waals surface area contributed by atoms with Crippen molar-refractivity contribution in [3.63, 3.8) is 0 Å². The summed E-state index contributed by atoms with van der Waals surface area (Å²) in [4.78, 5) is 22.8. The van der Waals surface area contributed by atoms with E-state index in [1.165, 1.54) is 0 Å². The Morgan fingerprint density at radius 3 is 2.40 bits per heavy atom. The fraction of sp³-hybridized carbons (Fsp3) is 0.0556. The quantitative estimate of drug-likeness (QED) is 0.714. The van der Waals surface area contributed by atoms with Gasteiger partial charge in [-0.3, -0.25) is 4.79 Å². The van der Waals surface area contributed by atoms with E-state index >= 15 is 0 Å². The SMILES string of the molecule is CN(c1ccccc1)c1nccc(C(=O)Nc2cc(Cl)cc(Cl)c2)n1. The van der Waals surface area contributed by atoms with Crippen LogP contribution in [-0.2, 0) is 0 Å². The van der Waals surface area contributed by atoms with Crippen molar-refractivity contribution < 1.29 is 4.79 Å². The molecular formula is C18H14Cl2N4O. The number of hydrogen-bond acceptors (Lipinski definition) is 4. The second kappa shape index (κ2) is 7.51. The number of carbonyl (C=O) groups excluding carboxylic acids is 1. The maximum atomic E-state index is 12.4. The lowest BCUT2D eigenvalue weighted by Gasteiger charge is -2.17. The van der Waals surface area contributed by atoms with Crippen LogP contribution in [0.3, 0.4) is 0 Å². The van der Waals surface area contributed by atoms with Crippen molar-refractivity contribution in [2.45, 2.75) is 0 Å². The second-order valence-electron chi connectivity index (χ2n) is 5.25. The van der Waals surface area contributed by atoms with E-state index in [2.05, 4.69) is 15.3 Å². The van der Waals surface area contributed by atoms with Crippen LogP contribution in [0.25, 0.3) is 0 Å². The van der Waals surface area contributed by atoms with Crippen molar-refractivity contribution in [1.82, 2.24) is 9.97 Å². The predicted molar refractivity (Wildman–Crippen MR) is 101 cm³/mol. The number of hydrogen-bond donors (Lipinski definition) is 1. The predicted octanol–water partition coefficient (Wildman–Crippen LogP) is 4.80. The molecule has 0 bridgehead atoms. The normalized spacial score (nSPS) is 10.4. The molecule has 3 rings (SSSR count). The first-order chi connectivity index (χ1) is 12.0. The zero-order chi connectivity index (χ0) is 17.8. The molecule has 2 aromatic carbocycles. The van der Waals surface area contributed by atoms with E-state index in [0.29, 0.717) is 21.7 Å². The summed E-state index contributed by atoms with van der Waals surface area (Å²) in [5.74, 6) is 0.0476. The van der Waals surface area contributed by atoms with Crippen molar-refractivity contribution in [1.29, 1.82) is 0 Å². The minimum Gasteiger partial charge on any atom is -0.321 e. The van der Waals surface area contributed by atoms with Gasteiger partial charge in [-0.25, -0.2) is 9.97 Å². The fourth-order valence-corrected chi connectivity index (χ4v) is 2.75. The third kappa shape index (κ3) is 4.26. The van der Waals surface area contributed by atoms with E-state index in [0.717, 1.165) is 5.69 Å². The van der Waals surface area contributed by atoms with E-state index in [-0.39, 0.29) is 11.6 Å².